The molecule has 12 N–H and O–H groups in total. The molecule has 6 aromatic carbocycles. The minimum Gasteiger partial charge on any atom is -0.478 e. The van der Waals surface area contributed by atoms with Crippen molar-refractivity contribution < 1.29 is 96.0 Å². The number of aromatic carboxylic acids is 3. The Morgan fingerprint density at radius 2 is 0.795 bits per heavy atom. The normalized spacial score (nSPS) is 22.6. The highest BCUT2D eigenvalue weighted by Crippen LogP contribution is 2.49. The number of urea groups is 3. The zero-order chi connectivity index (χ0) is 92.1. The van der Waals surface area contributed by atoms with Gasteiger partial charge in [0.05, 0.1) is 77.5 Å². The van der Waals surface area contributed by atoms with Crippen molar-refractivity contribution in [2.75, 3.05) is 55.2 Å². The van der Waals surface area contributed by atoms with E-state index in [-0.39, 0.29) is 100 Å². The topological polar surface area (TPSA) is 518 Å². The Balaban J connectivity index is 0.000000145. The number of hydrogen-bond donors (Lipinski definition) is 12. The van der Waals surface area contributed by atoms with Crippen molar-refractivity contribution >= 4 is 117 Å². The number of imidazole rings is 3. The first-order chi connectivity index (χ1) is 64.2. The van der Waals surface area contributed by atoms with Crippen LogP contribution in [0.4, 0.5) is 36.2 Å². The monoisotopic (exact) mass is 1800 g/mol. The van der Waals surface area contributed by atoms with Crippen molar-refractivity contribution in [1.82, 2.24) is 90.5 Å². The van der Waals surface area contributed by atoms with E-state index in [0.717, 1.165) is 22.8 Å². The molecule has 0 radical (unpaired) electrons. The van der Waals surface area contributed by atoms with Gasteiger partial charge in [0.2, 0.25) is 5.91 Å². The van der Waals surface area contributed by atoms with E-state index in [9.17, 15) is 62.9 Å². The number of nitrogens with one attached hydrogen (secondary N) is 9. The lowest BCUT2D eigenvalue weighted by atomic mass is 10.0. The molecule has 18 rings (SSSR count). The molecule has 6 fully saturated rings. The largest absolute Gasteiger partial charge is 0.478 e. The Labute approximate surface area is 750 Å². The van der Waals surface area contributed by atoms with Gasteiger partial charge in [-0.25, -0.2) is 78.0 Å². The number of nitrogens with zero attached hydrogens (tertiary/aromatic N) is 12. The molecule has 4 aliphatic heterocycles. The van der Waals surface area contributed by atoms with Crippen LogP contribution in [0.1, 0.15) is 132 Å². The molecule has 9 amide bonds. The summed E-state index contributed by atoms with van der Waals surface area (Å²) in [4.78, 5) is 150. The molecular weight excluding hydrogens is 1710 g/mol. The third kappa shape index (κ3) is 20.1. The number of halogens is 1. The molecule has 2 aliphatic carbocycles. The van der Waals surface area contributed by atoms with Crippen LogP contribution in [0, 0.1) is 17.7 Å². The van der Waals surface area contributed by atoms with Crippen molar-refractivity contribution in [3.63, 3.8) is 0 Å². The van der Waals surface area contributed by atoms with Crippen LogP contribution in [-0.4, -0.2) is 222 Å². The van der Waals surface area contributed by atoms with Gasteiger partial charge < -0.3 is 89.5 Å². The van der Waals surface area contributed by atoms with E-state index in [0.29, 0.717) is 66.0 Å². The quantitative estimate of drug-likeness (QED) is 0.0228. The molecular formula is C91H90FN21O19. The molecule has 15 atom stereocenters. The van der Waals surface area contributed by atoms with Crippen molar-refractivity contribution in [3.8, 4) is 0 Å². The maximum absolute atomic E-state index is 14.5. The van der Waals surface area contributed by atoms with Gasteiger partial charge in [0.15, 0.2) is 76.0 Å². The lowest BCUT2D eigenvalue weighted by molar-refractivity contribution is -0.146. The number of hydrogen-bond acceptors (Lipinski definition) is 25. The van der Waals surface area contributed by atoms with Crippen molar-refractivity contribution in [1.29, 1.82) is 0 Å². The molecule has 0 bridgehead atoms. The predicted molar refractivity (Wildman–Crippen MR) is 471 cm³/mol. The predicted octanol–water partition coefficient (Wildman–Crippen LogP) is 9.50. The van der Waals surface area contributed by atoms with Gasteiger partial charge in [-0.1, -0.05) is 133 Å². The number of anilines is 3. The van der Waals surface area contributed by atoms with Gasteiger partial charge in [0, 0.05) is 62.2 Å². The summed E-state index contributed by atoms with van der Waals surface area (Å²) in [7, 11) is 0. The van der Waals surface area contributed by atoms with E-state index < -0.39 is 128 Å². The first-order valence-electron chi connectivity index (χ1n) is 42.4. The van der Waals surface area contributed by atoms with Crippen LogP contribution in [0.5, 0.6) is 0 Å². The van der Waals surface area contributed by atoms with Gasteiger partial charge >= 0.3 is 36.0 Å². The summed E-state index contributed by atoms with van der Waals surface area (Å²) >= 11 is 0. The second kappa shape index (κ2) is 41.0. The summed E-state index contributed by atoms with van der Waals surface area (Å²) in [6.07, 6.45) is 10.7. The molecule has 10 heterocycles. The molecule has 4 saturated heterocycles. The van der Waals surface area contributed by atoms with Crippen LogP contribution in [0.2, 0.25) is 0 Å². The summed E-state index contributed by atoms with van der Waals surface area (Å²) in [5, 5.41) is 53.1. The van der Waals surface area contributed by atoms with Gasteiger partial charge in [-0.2, -0.15) is 0 Å². The summed E-state index contributed by atoms with van der Waals surface area (Å²) in [5.74, 6) is -5.63. The SMILES string of the molecule is CCNC(=O)Nc1ncnc2c1ncn2C1CC(CNC(=O)Cc2c(F)cccc2C(=O)O)C2O[C@H](/C=C/c3ccccc3)OC21.CCNC(=O)Nc1ncnc2c1ncn2C1CC(CNC(=O)c2ccccc2C(=O)O)C2O[C@H](/C=C/c3ccccc3)OC21.CCNC(=O)Nc1ncnc2c1ncn2C1OC(CNC(=O)c2ccccc2C(=O)O)C2O[C@H](c3ccccc3)OC21. The third-order valence-electron chi connectivity index (χ3n) is 22.8. The van der Waals surface area contributed by atoms with Crippen molar-refractivity contribution in [2.45, 2.75) is 120 Å². The highest BCUT2D eigenvalue weighted by Gasteiger charge is 2.56. The fourth-order valence-corrected chi connectivity index (χ4v) is 16.8. The Morgan fingerprint density at radius 1 is 0.402 bits per heavy atom. The fourth-order valence-electron chi connectivity index (χ4n) is 16.8. The third-order valence-corrected chi connectivity index (χ3v) is 22.8. The zero-order valence-electron chi connectivity index (χ0n) is 70.9. The molecule has 2 saturated carbocycles. The summed E-state index contributed by atoms with van der Waals surface area (Å²) in [5.41, 5.74) is 4.88. The smallest absolute Gasteiger partial charge is 0.336 e. The lowest BCUT2D eigenvalue weighted by Crippen LogP contribution is -2.39. The van der Waals surface area contributed by atoms with Gasteiger partial charge in [0.1, 0.15) is 55.3 Å². The number of ether oxygens (including phenoxy) is 7. The van der Waals surface area contributed by atoms with Crippen LogP contribution in [0.25, 0.3) is 45.6 Å². The van der Waals surface area contributed by atoms with Crippen LogP contribution < -0.4 is 47.9 Å². The first kappa shape index (κ1) is 90.1. The zero-order valence-corrected chi connectivity index (χ0v) is 70.9. The molecule has 0 spiro atoms. The Kier molecular flexibility index (Phi) is 28.0. The molecule has 40 nitrogen and oxygen atoms in total. The summed E-state index contributed by atoms with van der Waals surface area (Å²) in [6.45, 7) is 7.18. The van der Waals surface area contributed by atoms with E-state index in [4.69, 9.17) is 33.2 Å². The maximum atomic E-state index is 14.5. The number of benzene rings is 6. The summed E-state index contributed by atoms with van der Waals surface area (Å²) in [6, 6.07) is 42.9. The molecule has 12 unspecified atom stereocenters. The average molecular weight is 1800 g/mol. The van der Waals surface area contributed by atoms with E-state index in [1.807, 2.05) is 131 Å². The molecule has 132 heavy (non-hydrogen) atoms. The van der Waals surface area contributed by atoms with Crippen LogP contribution in [0.15, 0.2) is 208 Å². The van der Waals surface area contributed by atoms with E-state index in [1.54, 1.807) is 55.3 Å². The van der Waals surface area contributed by atoms with Gasteiger partial charge in [-0.3, -0.25) is 34.9 Å². The fraction of sp³-hybridized carbons (Fsp3) is 0.297. The van der Waals surface area contributed by atoms with Crippen LogP contribution in [-0.2, 0) is 44.4 Å². The number of carboxylic acids is 3. The Morgan fingerprint density at radius 3 is 1.25 bits per heavy atom. The highest BCUT2D eigenvalue weighted by atomic mass is 19.1. The minimum absolute atomic E-state index is 0.0148. The number of rotatable bonds is 27. The van der Waals surface area contributed by atoms with Gasteiger partial charge in [-0.15, -0.1) is 0 Å². The van der Waals surface area contributed by atoms with Crippen LogP contribution >= 0.6 is 0 Å². The molecule has 680 valence electrons. The number of amides is 9. The molecule has 12 aromatic rings. The van der Waals surface area contributed by atoms with Gasteiger partial charge in [0.25, 0.3) is 11.8 Å². The van der Waals surface area contributed by atoms with Crippen LogP contribution in [0.3, 0.4) is 0 Å². The summed E-state index contributed by atoms with van der Waals surface area (Å²) < 4.78 is 64.5. The van der Waals surface area contributed by atoms with Crippen molar-refractivity contribution in [3.05, 3.63) is 264 Å². The number of carbonyl (C=O) groups is 9. The number of fused-ring (bicyclic) bond motifs is 6. The van der Waals surface area contributed by atoms with Gasteiger partial charge in [-0.05, 0) is 93.3 Å². The number of aromatic nitrogens is 12. The van der Waals surface area contributed by atoms with E-state index >= 15 is 0 Å². The number of carboxylic acid groups (broad SMARTS) is 3. The second-order valence-electron chi connectivity index (χ2n) is 31.1. The standard InChI is InChI=1S/C32H32FN7O6.C31H31N7O6.C28H27N7O7/c1-2-34-32(44)39-29-26-30(37-16-36-29)40(17-38-26)23-13-19(15-35-24(41)14-21-20(31(42)43)9-6-10-22(21)33)27-28(23)46-25(45-27)12-11-18-7-4-3-5-8-18;1-2-32-31(42)37-27-24-28(35-16-34-27)38(17-36-24)22-14-19(15-33-29(39)20-10-6-7-11-21(20)30(40)41)25-26(22)44-23(43-25)13-12-18-8-4-3-5-9-18;1-2-29-28(39)34-22-19-23(32-13-31-22)35(14-33-19)25-21-20(41-27(42-21)15-8-4-3-5-9-15)18(40-25)12-30-24(36)16-10-6-7-11-17(16)26(37)38/h3-12,16-17,19,23,25,27-28H,2,13-15H2,1H3,(H,35,41)(H,42,43)(H2,34,36,37,39,44);3-13,16-17,19,22-23,25-26H,2,14-15H2,1H3,(H,33,39)(H,40,41)(H2,32,34,35,37,42);3-11,13-14,18,20-21,25,27H,2,12H2,1H3,(H,30,36)(H,37,38)(H2,29,31,32,34,39)/b12-11+;13-12+;/t19?,23?,25-,27?,28?;19?,22?,23-,25?,26?;18?,20?,21?,25?,27-/m000/s1. The van der Waals surface area contributed by atoms with E-state index in [2.05, 4.69) is 92.7 Å². The first-order valence-corrected chi connectivity index (χ1v) is 42.4. The Hall–Kier alpha value is -15.3. The molecule has 6 aliphatic rings. The van der Waals surface area contributed by atoms with Crippen molar-refractivity contribution in [2.24, 2.45) is 11.8 Å². The molecule has 6 aromatic heterocycles. The molecule has 41 heteroatoms. The highest BCUT2D eigenvalue weighted by molar-refractivity contribution is 6.06. The number of carbonyl (C=O) groups excluding carboxylic acids is 6. The second-order valence-corrected chi connectivity index (χ2v) is 31.1. The maximum Gasteiger partial charge on any atom is 0.336 e. The minimum atomic E-state index is -1.31. The lowest BCUT2D eigenvalue weighted by Gasteiger charge is -2.22. The Bertz CT molecular complexity index is 6310. The van der Waals surface area contributed by atoms with E-state index in [1.165, 1.54) is 61.7 Å². The average Bonchev–Trinajstić information content (AvgIpc) is 1.60.